The van der Waals surface area contributed by atoms with Gasteiger partial charge < -0.3 is 18.7 Å². The summed E-state index contributed by atoms with van der Waals surface area (Å²) >= 11 is 1.69. The number of aliphatic hydroxyl groups is 1. The number of allylic oxidation sites excluding steroid dienone is 1. The lowest BCUT2D eigenvalue weighted by atomic mass is 9.85. The van der Waals surface area contributed by atoms with E-state index >= 15 is 0 Å². The molecule has 0 aliphatic rings. The monoisotopic (exact) mass is 558 g/mol. The Kier molecular flexibility index (Phi) is 11.0. The van der Waals surface area contributed by atoms with Crippen LogP contribution in [0.15, 0.2) is 35.7 Å². The van der Waals surface area contributed by atoms with Gasteiger partial charge in [0.1, 0.15) is 12.4 Å². The van der Waals surface area contributed by atoms with Crippen molar-refractivity contribution in [3.8, 4) is 5.75 Å². The molecule has 0 aliphatic carbocycles. The molecule has 1 heterocycles. The minimum atomic E-state index is -0.507. The summed E-state index contributed by atoms with van der Waals surface area (Å²) in [6.45, 7) is 24.5. The van der Waals surface area contributed by atoms with Crippen LogP contribution in [0, 0.1) is 0 Å². The first kappa shape index (κ1) is 32.0. The van der Waals surface area contributed by atoms with Crippen molar-refractivity contribution in [3.63, 3.8) is 0 Å². The molecule has 1 N–H and O–H groups in total. The molecule has 7 heteroatoms. The van der Waals surface area contributed by atoms with Crippen LogP contribution in [0.4, 0.5) is 0 Å². The topological polar surface area (TPSA) is 47.9 Å². The van der Waals surface area contributed by atoms with Gasteiger partial charge in [-0.3, -0.25) is 0 Å². The van der Waals surface area contributed by atoms with Gasteiger partial charge in [-0.1, -0.05) is 60.6 Å². The minimum Gasteiger partial charge on any atom is -0.488 e. The zero-order valence-corrected chi connectivity index (χ0v) is 27.5. The van der Waals surface area contributed by atoms with Crippen molar-refractivity contribution in [1.82, 2.24) is 0 Å². The van der Waals surface area contributed by atoms with E-state index in [1.165, 1.54) is 0 Å². The third-order valence-corrected chi connectivity index (χ3v) is 9.00. The van der Waals surface area contributed by atoms with Gasteiger partial charge in [0.2, 0.25) is 19.5 Å². The molecule has 37 heavy (non-hydrogen) atoms. The molecule has 0 saturated heterocycles. The first-order valence-corrected chi connectivity index (χ1v) is 15.7. The standard InChI is InChI=1S/C30H46O4SSi2/c1-12-21(15-16-31)22-17-24(35-20-22)19-32-23-13-14-25(29(8,9)33-36-27(2,3)4)26(18-23)30(10,11)34-37-28(5,6)7/h13-15,17-18,20,31H,12,16,19H2,1-11H3. The quantitative estimate of drug-likeness (QED) is 0.266. The average Bonchev–Trinajstić information content (AvgIpc) is 3.26. The molecule has 0 bridgehead atoms. The Bertz CT molecular complexity index is 1040. The molecule has 0 aliphatic heterocycles. The molecular weight excluding hydrogens is 513 g/mol. The largest absolute Gasteiger partial charge is 0.488 e. The Morgan fingerprint density at radius 2 is 1.43 bits per heavy atom. The lowest BCUT2D eigenvalue weighted by Gasteiger charge is -2.37. The van der Waals surface area contributed by atoms with E-state index in [9.17, 15) is 5.11 Å². The highest BCUT2D eigenvalue weighted by molar-refractivity contribution is 7.10. The Morgan fingerprint density at radius 1 is 0.865 bits per heavy atom. The van der Waals surface area contributed by atoms with E-state index in [2.05, 4.69) is 99.7 Å². The summed E-state index contributed by atoms with van der Waals surface area (Å²) < 4.78 is 19.3. The summed E-state index contributed by atoms with van der Waals surface area (Å²) in [5, 5.41) is 11.6. The zero-order chi connectivity index (χ0) is 28.1. The molecule has 0 atom stereocenters. The van der Waals surface area contributed by atoms with Crippen molar-refractivity contribution < 1.29 is 18.7 Å². The molecule has 0 saturated carbocycles. The van der Waals surface area contributed by atoms with Gasteiger partial charge in [0, 0.05) is 4.88 Å². The summed E-state index contributed by atoms with van der Waals surface area (Å²) in [7, 11) is 0.743. The second-order valence-corrected chi connectivity index (χ2v) is 17.3. The van der Waals surface area contributed by atoms with Crippen LogP contribution in [0.2, 0.25) is 10.1 Å². The molecule has 204 valence electrons. The van der Waals surface area contributed by atoms with Crippen LogP contribution in [-0.4, -0.2) is 31.2 Å². The van der Waals surface area contributed by atoms with Crippen LogP contribution < -0.4 is 4.74 Å². The van der Waals surface area contributed by atoms with Crippen LogP contribution in [0.5, 0.6) is 5.75 Å². The first-order valence-electron chi connectivity index (χ1n) is 13.0. The highest BCUT2D eigenvalue weighted by Gasteiger charge is 2.34. The third kappa shape index (κ3) is 10.1. The van der Waals surface area contributed by atoms with Crippen LogP contribution in [0.3, 0.4) is 0 Å². The Morgan fingerprint density at radius 3 is 1.95 bits per heavy atom. The summed E-state index contributed by atoms with van der Waals surface area (Å²) in [4.78, 5) is 1.15. The maximum Gasteiger partial charge on any atom is 0.236 e. The van der Waals surface area contributed by atoms with Crippen molar-refractivity contribution in [2.45, 2.75) is 110 Å². The fraction of sp³-hybridized carbons (Fsp3) is 0.600. The second-order valence-electron chi connectivity index (χ2n) is 12.5. The number of rotatable bonds is 12. The average molecular weight is 559 g/mol. The Hall–Kier alpha value is -1.23. The first-order chi connectivity index (χ1) is 17.0. The van der Waals surface area contributed by atoms with E-state index in [4.69, 9.17) is 13.6 Å². The van der Waals surface area contributed by atoms with Crippen molar-refractivity contribution in [3.05, 3.63) is 57.3 Å². The molecule has 1 aromatic heterocycles. The SMILES string of the molecule is CCC(=CCO)c1csc(COc2ccc(C(C)(C)O[Si]C(C)(C)C)c(C(C)(C)O[Si]C(C)(C)C)c2)c1. The van der Waals surface area contributed by atoms with Gasteiger partial charge in [0.15, 0.2) is 0 Å². The molecule has 2 aromatic rings. The number of hydrogen-bond donors (Lipinski definition) is 1. The maximum atomic E-state index is 9.30. The van der Waals surface area contributed by atoms with Gasteiger partial charge in [-0.2, -0.15) is 0 Å². The van der Waals surface area contributed by atoms with E-state index in [1.807, 2.05) is 12.1 Å². The predicted octanol–water partition coefficient (Wildman–Crippen LogP) is 8.29. The van der Waals surface area contributed by atoms with Crippen molar-refractivity contribution in [2.24, 2.45) is 0 Å². The lowest BCUT2D eigenvalue weighted by molar-refractivity contribution is 0.0826. The summed E-state index contributed by atoms with van der Waals surface area (Å²) in [6.07, 6.45) is 2.77. The number of aliphatic hydroxyl groups excluding tert-OH is 1. The minimum absolute atomic E-state index is 0.0595. The molecule has 0 spiro atoms. The molecule has 4 radical (unpaired) electrons. The number of benzene rings is 1. The van der Waals surface area contributed by atoms with Crippen LogP contribution in [0.25, 0.3) is 5.57 Å². The van der Waals surface area contributed by atoms with E-state index < -0.39 is 11.2 Å². The molecule has 1 aromatic carbocycles. The van der Waals surface area contributed by atoms with E-state index in [1.54, 1.807) is 11.3 Å². The molecule has 0 fully saturated rings. The van der Waals surface area contributed by atoms with Gasteiger partial charge in [0.05, 0.1) is 17.8 Å². The van der Waals surface area contributed by atoms with Crippen molar-refractivity contribution in [1.29, 1.82) is 0 Å². The molecule has 0 amide bonds. The lowest BCUT2D eigenvalue weighted by Crippen LogP contribution is -2.34. The van der Waals surface area contributed by atoms with Crippen LogP contribution in [-0.2, 0) is 26.7 Å². The van der Waals surface area contributed by atoms with E-state index in [-0.39, 0.29) is 16.7 Å². The molecule has 0 unspecified atom stereocenters. The van der Waals surface area contributed by atoms with Crippen molar-refractivity contribution >= 4 is 36.4 Å². The van der Waals surface area contributed by atoms with E-state index in [0.717, 1.165) is 39.3 Å². The van der Waals surface area contributed by atoms with Crippen LogP contribution >= 0.6 is 11.3 Å². The highest BCUT2D eigenvalue weighted by atomic mass is 32.1. The van der Waals surface area contributed by atoms with E-state index in [0.29, 0.717) is 26.1 Å². The summed E-state index contributed by atoms with van der Waals surface area (Å²) in [5.74, 6) is 0.820. The second kappa shape index (κ2) is 12.8. The smallest absolute Gasteiger partial charge is 0.236 e. The van der Waals surface area contributed by atoms with Crippen LogP contribution in [0.1, 0.15) is 104 Å². The molecular formula is C30H46O4SSi2. The Labute approximate surface area is 234 Å². The predicted molar refractivity (Wildman–Crippen MR) is 160 cm³/mol. The fourth-order valence-electron chi connectivity index (χ4n) is 3.66. The number of hydrogen-bond acceptors (Lipinski definition) is 5. The molecule has 2 rings (SSSR count). The highest BCUT2D eigenvalue weighted by Crippen LogP contribution is 2.40. The van der Waals surface area contributed by atoms with Crippen molar-refractivity contribution in [2.75, 3.05) is 6.61 Å². The number of ether oxygens (including phenoxy) is 1. The maximum absolute atomic E-state index is 9.30. The Balaban J connectivity index is 2.36. The van der Waals surface area contributed by atoms with Gasteiger partial charge >= 0.3 is 0 Å². The van der Waals surface area contributed by atoms with Gasteiger partial charge in [0.25, 0.3) is 0 Å². The zero-order valence-electron chi connectivity index (χ0n) is 24.7. The van der Waals surface area contributed by atoms with Gasteiger partial charge in [-0.05, 0) is 90.0 Å². The van der Waals surface area contributed by atoms with Gasteiger partial charge in [-0.25, -0.2) is 0 Å². The van der Waals surface area contributed by atoms with Gasteiger partial charge in [-0.15, -0.1) is 11.3 Å². The third-order valence-electron chi connectivity index (χ3n) is 5.64. The fourth-order valence-corrected chi connectivity index (χ4v) is 5.83. The normalized spacial score (nSPS) is 13.8. The molecule has 4 nitrogen and oxygen atoms in total. The number of thiophene rings is 1. The summed E-state index contributed by atoms with van der Waals surface area (Å²) in [5.41, 5.74) is 3.56. The summed E-state index contributed by atoms with van der Waals surface area (Å²) in [6, 6.07) is 8.48.